The van der Waals surface area contributed by atoms with Crippen LogP contribution < -0.4 is 5.32 Å². The number of rotatable bonds is 5. The zero-order valence-electron chi connectivity index (χ0n) is 6.89. The van der Waals surface area contributed by atoms with E-state index in [0.717, 1.165) is 5.32 Å². The van der Waals surface area contributed by atoms with Crippen molar-refractivity contribution in [3.63, 3.8) is 0 Å². The number of nitrogens with one attached hydrogen (secondary N) is 1. The Bertz CT molecular complexity index is 174. The van der Waals surface area contributed by atoms with Gasteiger partial charge in [-0.15, -0.1) is 0 Å². The zero-order valence-corrected chi connectivity index (χ0v) is 7.71. The number of alkyl halides is 3. The van der Waals surface area contributed by atoms with E-state index >= 15 is 0 Å². The molecule has 0 saturated heterocycles. The minimum atomic E-state index is -4.64. The molecule has 2 N–H and O–H groups in total. The summed E-state index contributed by atoms with van der Waals surface area (Å²) in [7, 11) is 0. The van der Waals surface area contributed by atoms with Crippen LogP contribution in [-0.2, 0) is 4.79 Å². The van der Waals surface area contributed by atoms with Crippen LogP contribution in [0.2, 0.25) is 0 Å². The molecule has 0 spiro atoms. The second-order valence-electron chi connectivity index (χ2n) is 2.31. The van der Waals surface area contributed by atoms with E-state index in [1.165, 1.54) is 11.8 Å². The summed E-state index contributed by atoms with van der Waals surface area (Å²) in [6, 6.07) is -1.55. The summed E-state index contributed by atoms with van der Waals surface area (Å²) in [6.07, 6.45) is -2.98. The monoisotopic (exact) mass is 217 g/mol. The van der Waals surface area contributed by atoms with Gasteiger partial charge in [-0.05, 0) is 18.4 Å². The Morgan fingerprint density at radius 2 is 2.15 bits per heavy atom. The van der Waals surface area contributed by atoms with Crippen LogP contribution in [0.5, 0.6) is 0 Å². The second-order valence-corrected chi connectivity index (χ2v) is 3.30. The number of hydrogen-bond donors (Lipinski definition) is 2. The summed E-state index contributed by atoms with van der Waals surface area (Å²) in [5.41, 5.74) is 0. The smallest absolute Gasteiger partial charge is 0.457 e. The average molecular weight is 217 g/mol. The summed E-state index contributed by atoms with van der Waals surface area (Å²) in [4.78, 5) is 10.3. The minimum Gasteiger partial charge on any atom is -0.480 e. The van der Waals surface area contributed by atoms with Crippen LogP contribution in [0.1, 0.15) is 6.42 Å². The molecule has 0 aliphatic rings. The topological polar surface area (TPSA) is 49.3 Å². The minimum absolute atomic E-state index is 0.0456. The number of hydrogen-bond acceptors (Lipinski definition) is 3. The van der Waals surface area contributed by atoms with Crippen LogP contribution in [0.4, 0.5) is 13.2 Å². The Kier molecular flexibility index (Phi) is 5.16. The van der Waals surface area contributed by atoms with Gasteiger partial charge in [0.05, 0.1) is 0 Å². The van der Waals surface area contributed by atoms with E-state index in [1.54, 1.807) is 6.26 Å². The first-order valence-electron chi connectivity index (χ1n) is 3.43. The lowest BCUT2D eigenvalue weighted by Gasteiger charge is -2.15. The quantitative estimate of drug-likeness (QED) is 0.681. The van der Waals surface area contributed by atoms with Gasteiger partial charge in [0.2, 0.25) is 0 Å². The van der Waals surface area contributed by atoms with Crippen molar-refractivity contribution in [3.05, 3.63) is 0 Å². The summed E-state index contributed by atoms with van der Waals surface area (Å²) in [6.45, 7) is 0. The lowest BCUT2D eigenvalue weighted by molar-refractivity contribution is -0.174. The maximum absolute atomic E-state index is 11.7. The highest BCUT2D eigenvalue weighted by Crippen LogP contribution is 2.13. The third kappa shape index (κ3) is 6.71. The van der Waals surface area contributed by atoms with Crippen molar-refractivity contribution in [1.82, 2.24) is 5.32 Å². The molecule has 0 aromatic rings. The molecule has 0 aromatic carbocycles. The van der Waals surface area contributed by atoms with Gasteiger partial charge >= 0.3 is 12.3 Å². The van der Waals surface area contributed by atoms with Crippen molar-refractivity contribution in [2.24, 2.45) is 0 Å². The van der Waals surface area contributed by atoms with Crippen molar-refractivity contribution in [2.45, 2.75) is 18.8 Å². The fourth-order valence-corrected chi connectivity index (χ4v) is 1.16. The van der Waals surface area contributed by atoms with Crippen molar-refractivity contribution in [2.75, 3.05) is 12.0 Å². The molecule has 0 saturated carbocycles. The largest absolute Gasteiger partial charge is 0.480 e. The highest BCUT2D eigenvalue weighted by Gasteiger charge is 2.33. The highest BCUT2D eigenvalue weighted by atomic mass is 32.2. The zero-order chi connectivity index (χ0) is 10.5. The predicted molar refractivity (Wildman–Crippen MR) is 43.6 cm³/mol. The fourth-order valence-electron chi connectivity index (χ4n) is 0.691. The Labute approximate surface area is 77.7 Å². The van der Waals surface area contributed by atoms with Gasteiger partial charge in [0.1, 0.15) is 6.04 Å². The Hall–Kier alpha value is -0.430. The molecule has 0 bridgehead atoms. The first-order chi connectivity index (χ1) is 5.87. The van der Waals surface area contributed by atoms with E-state index in [4.69, 9.17) is 5.11 Å². The highest BCUT2D eigenvalue weighted by molar-refractivity contribution is 7.98. The standard InChI is InChI=1S/C6H10F3NO2S/c1-13-3-2-4(5(11)12)10-6(7,8)9/h4,10H,2-3H2,1H3,(H,11,12)/t4-/m0/s1. The molecule has 0 amide bonds. The van der Waals surface area contributed by atoms with Gasteiger partial charge in [0.25, 0.3) is 0 Å². The molecular formula is C6H10F3NO2S. The molecule has 7 heteroatoms. The number of carbonyl (C=O) groups is 1. The SMILES string of the molecule is CSCC[C@H](NC(F)(F)F)C(=O)O. The molecule has 0 heterocycles. The number of halogens is 3. The maximum atomic E-state index is 11.7. The van der Waals surface area contributed by atoms with Crippen molar-refractivity contribution in [3.8, 4) is 0 Å². The third-order valence-corrected chi connectivity index (χ3v) is 1.89. The average Bonchev–Trinajstić information content (AvgIpc) is 1.95. The van der Waals surface area contributed by atoms with Crippen molar-refractivity contribution >= 4 is 17.7 Å². The Morgan fingerprint density at radius 1 is 1.62 bits per heavy atom. The molecule has 0 unspecified atom stereocenters. The number of carboxylic acid groups (broad SMARTS) is 1. The van der Waals surface area contributed by atoms with Gasteiger partial charge in [-0.3, -0.25) is 4.79 Å². The summed E-state index contributed by atoms with van der Waals surface area (Å²) in [5.74, 6) is -1.11. The fraction of sp³-hybridized carbons (Fsp3) is 0.833. The number of aliphatic carboxylic acids is 1. The van der Waals surface area contributed by atoms with Gasteiger partial charge in [0.15, 0.2) is 0 Å². The molecule has 0 aliphatic carbocycles. The van der Waals surface area contributed by atoms with E-state index in [0.29, 0.717) is 5.75 Å². The van der Waals surface area contributed by atoms with Gasteiger partial charge < -0.3 is 5.11 Å². The van der Waals surface area contributed by atoms with Crippen LogP contribution in [0, 0.1) is 0 Å². The number of carboxylic acids is 1. The van der Waals surface area contributed by atoms with E-state index in [2.05, 4.69) is 0 Å². The van der Waals surface area contributed by atoms with Crippen LogP contribution in [-0.4, -0.2) is 35.4 Å². The molecule has 78 valence electrons. The van der Waals surface area contributed by atoms with Crippen LogP contribution in [0.25, 0.3) is 0 Å². The molecule has 1 atom stereocenters. The normalized spacial score (nSPS) is 14.2. The van der Waals surface area contributed by atoms with Gasteiger partial charge in [-0.1, -0.05) is 0 Å². The molecule has 0 fully saturated rings. The Balaban J connectivity index is 4.03. The first kappa shape index (κ1) is 12.6. The molecule has 3 nitrogen and oxygen atoms in total. The molecular weight excluding hydrogens is 207 g/mol. The lowest BCUT2D eigenvalue weighted by Crippen LogP contribution is -2.45. The van der Waals surface area contributed by atoms with Crippen LogP contribution in [0.15, 0.2) is 0 Å². The summed E-state index contributed by atoms with van der Waals surface area (Å²) in [5, 5.41) is 9.47. The number of thioether (sulfide) groups is 1. The second kappa shape index (κ2) is 5.33. The summed E-state index contributed by atoms with van der Waals surface area (Å²) >= 11 is 1.30. The van der Waals surface area contributed by atoms with E-state index in [-0.39, 0.29) is 6.42 Å². The van der Waals surface area contributed by atoms with Gasteiger partial charge in [-0.2, -0.15) is 24.9 Å². The van der Waals surface area contributed by atoms with E-state index in [1.807, 2.05) is 0 Å². The third-order valence-electron chi connectivity index (χ3n) is 1.25. The predicted octanol–water partition coefficient (Wildman–Crippen LogP) is 1.30. The van der Waals surface area contributed by atoms with Gasteiger partial charge in [-0.25, -0.2) is 5.32 Å². The first-order valence-corrected chi connectivity index (χ1v) is 4.82. The lowest BCUT2D eigenvalue weighted by atomic mass is 10.2. The van der Waals surface area contributed by atoms with Crippen LogP contribution in [0.3, 0.4) is 0 Å². The summed E-state index contributed by atoms with van der Waals surface area (Å²) < 4.78 is 35.1. The van der Waals surface area contributed by atoms with Crippen LogP contribution >= 0.6 is 11.8 Å². The maximum Gasteiger partial charge on any atom is 0.457 e. The van der Waals surface area contributed by atoms with Gasteiger partial charge in [0, 0.05) is 0 Å². The molecule has 0 rings (SSSR count). The molecule has 0 aliphatic heterocycles. The molecule has 13 heavy (non-hydrogen) atoms. The molecule has 0 aromatic heterocycles. The van der Waals surface area contributed by atoms with Crippen molar-refractivity contribution in [1.29, 1.82) is 0 Å². The van der Waals surface area contributed by atoms with E-state index in [9.17, 15) is 18.0 Å². The Morgan fingerprint density at radius 3 is 2.46 bits per heavy atom. The van der Waals surface area contributed by atoms with E-state index < -0.39 is 18.3 Å². The van der Waals surface area contributed by atoms with Crippen molar-refractivity contribution < 1.29 is 23.1 Å². The molecule has 0 radical (unpaired) electrons.